The normalized spacial score (nSPS) is 24.7. The summed E-state index contributed by atoms with van der Waals surface area (Å²) in [6, 6.07) is -1.69. The van der Waals surface area contributed by atoms with E-state index in [1.807, 2.05) is 6.92 Å². The predicted molar refractivity (Wildman–Crippen MR) is 69.9 cm³/mol. The van der Waals surface area contributed by atoms with Gasteiger partial charge in [0.2, 0.25) is 5.91 Å². The van der Waals surface area contributed by atoms with Gasteiger partial charge in [0.25, 0.3) is 0 Å². The minimum atomic E-state index is -1.43. The average Bonchev–Trinajstić information content (AvgIpc) is 2.84. The van der Waals surface area contributed by atoms with Gasteiger partial charge in [0.05, 0.1) is 6.61 Å². The van der Waals surface area contributed by atoms with Crippen LogP contribution in [0.15, 0.2) is 0 Å². The molecule has 1 rings (SSSR count). The van der Waals surface area contributed by atoms with Crippen LogP contribution in [0.2, 0.25) is 0 Å². The van der Waals surface area contributed by atoms with Crippen LogP contribution in [0.4, 0.5) is 4.79 Å². The number of aliphatic carboxylic acids is 1. The number of nitrogens with two attached hydrogens (primary N) is 1. The van der Waals surface area contributed by atoms with Gasteiger partial charge in [-0.25, -0.2) is 9.59 Å². The molecule has 1 fully saturated rings. The van der Waals surface area contributed by atoms with Gasteiger partial charge < -0.3 is 26.2 Å². The van der Waals surface area contributed by atoms with Crippen LogP contribution < -0.4 is 16.4 Å². The molecule has 3 amide bonds. The Balaban J connectivity index is 2.84. The fourth-order valence-electron chi connectivity index (χ4n) is 2.05. The fourth-order valence-corrected chi connectivity index (χ4v) is 2.05. The highest BCUT2D eigenvalue weighted by molar-refractivity contribution is 5.92. The first-order valence-electron chi connectivity index (χ1n) is 6.51. The number of nitrogens with one attached hydrogen (secondary N) is 2. The zero-order valence-corrected chi connectivity index (χ0v) is 11.6. The van der Waals surface area contributed by atoms with Crippen LogP contribution in [-0.2, 0) is 14.3 Å². The lowest BCUT2D eigenvalue weighted by atomic mass is 9.94. The zero-order valence-electron chi connectivity index (χ0n) is 11.6. The Labute approximate surface area is 117 Å². The minimum Gasteiger partial charge on any atom is -0.479 e. The number of urea groups is 1. The number of carboxylic acids is 1. The number of hydrogen-bond acceptors (Lipinski definition) is 4. The van der Waals surface area contributed by atoms with Gasteiger partial charge in [0.15, 0.2) is 5.54 Å². The van der Waals surface area contributed by atoms with Crippen molar-refractivity contribution in [2.75, 3.05) is 13.2 Å². The summed E-state index contributed by atoms with van der Waals surface area (Å²) in [7, 11) is 0. The van der Waals surface area contributed by atoms with Gasteiger partial charge in [-0.1, -0.05) is 20.3 Å². The average molecular weight is 287 g/mol. The smallest absolute Gasteiger partial charge is 0.331 e. The summed E-state index contributed by atoms with van der Waals surface area (Å²) in [5.74, 6) is -1.88. The first-order chi connectivity index (χ1) is 9.32. The molecule has 8 nitrogen and oxygen atoms in total. The second kappa shape index (κ2) is 6.56. The van der Waals surface area contributed by atoms with E-state index >= 15 is 0 Å². The maximum Gasteiger partial charge on any atom is 0.331 e. The molecule has 3 atom stereocenters. The third kappa shape index (κ3) is 3.60. The summed E-state index contributed by atoms with van der Waals surface area (Å²) in [6.07, 6.45) is 0.826. The van der Waals surface area contributed by atoms with Gasteiger partial charge in [-0.15, -0.1) is 0 Å². The van der Waals surface area contributed by atoms with E-state index in [1.54, 1.807) is 6.92 Å². The molecule has 0 bridgehead atoms. The molecule has 1 saturated heterocycles. The van der Waals surface area contributed by atoms with Crippen LogP contribution in [0.1, 0.15) is 26.7 Å². The monoisotopic (exact) mass is 287 g/mol. The summed E-state index contributed by atoms with van der Waals surface area (Å²) in [4.78, 5) is 34.6. The van der Waals surface area contributed by atoms with Gasteiger partial charge in [-0.05, 0) is 5.92 Å². The summed E-state index contributed by atoms with van der Waals surface area (Å²) in [5.41, 5.74) is 3.63. The highest BCUT2D eigenvalue weighted by Gasteiger charge is 2.45. The van der Waals surface area contributed by atoms with Crippen molar-refractivity contribution in [3.63, 3.8) is 0 Å². The van der Waals surface area contributed by atoms with E-state index in [9.17, 15) is 19.5 Å². The molecule has 1 heterocycles. The Bertz CT molecular complexity index is 393. The molecular weight excluding hydrogens is 266 g/mol. The van der Waals surface area contributed by atoms with E-state index in [2.05, 4.69) is 10.6 Å². The van der Waals surface area contributed by atoms with E-state index in [1.165, 1.54) is 0 Å². The van der Waals surface area contributed by atoms with Crippen LogP contribution in [0.3, 0.4) is 0 Å². The summed E-state index contributed by atoms with van der Waals surface area (Å²) >= 11 is 0. The molecule has 1 aliphatic heterocycles. The standard InChI is InChI=1S/C12H21N3O5/c1-3-7(2)8(14-11(13)19)9(16)15-12(10(17)18)4-5-20-6-12/h7-8H,3-6H2,1-2H3,(H,15,16)(H,17,18)(H3,13,14,19). The van der Waals surface area contributed by atoms with E-state index in [0.29, 0.717) is 6.42 Å². The number of hydrogen-bond donors (Lipinski definition) is 4. The molecule has 0 aromatic rings. The number of primary amides is 1. The highest BCUT2D eigenvalue weighted by atomic mass is 16.5. The van der Waals surface area contributed by atoms with E-state index < -0.39 is 29.5 Å². The maximum absolute atomic E-state index is 12.2. The van der Waals surface area contributed by atoms with Gasteiger partial charge in [0.1, 0.15) is 6.04 Å². The molecule has 20 heavy (non-hydrogen) atoms. The molecule has 0 radical (unpaired) electrons. The predicted octanol–water partition coefficient (Wildman–Crippen LogP) is -0.571. The molecule has 0 aliphatic carbocycles. The molecule has 3 unspecified atom stereocenters. The van der Waals surface area contributed by atoms with Gasteiger partial charge in [-0.3, -0.25) is 4.79 Å². The van der Waals surface area contributed by atoms with Crippen molar-refractivity contribution in [2.24, 2.45) is 11.7 Å². The molecule has 1 aliphatic rings. The topological polar surface area (TPSA) is 131 Å². The third-order valence-electron chi connectivity index (χ3n) is 3.59. The zero-order chi connectivity index (χ0) is 15.3. The molecule has 5 N–H and O–H groups in total. The SMILES string of the molecule is CCC(C)C(NC(N)=O)C(=O)NC1(C(=O)O)CCOC1. The van der Waals surface area contributed by atoms with Crippen LogP contribution in [0, 0.1) is 5.92 Å². The quantitative estimate of drug-likeness (QED) is 0.519. The second-order valence-corrected chi connectivity index (χ2v) is 5.05. The van der Waals surface area contributed by atoms with Crippen molar-refractivity contribution in [3.8, 4) is 0 Å². The van der Waals surface area contributed by atoms with Crippen LogP contribution in [-0.4, -0.2) is 47.8 Å². The lowest BCUT2D eigenvalue weighted by Crippen LogP contribution is -2.61. The van der Waals surface area contributed by atoms with Crippen LogP contribution >= 0.6 is 0 Å². The number of carboxylic acid groups (broad SMARTS) is 1. The Kier molecular flexibility index (Phi) is 5.32. The molecular formula is C12H21N3O5. The molecule has 0 aromatic heterocycles. The Morgan fingerprint density at radius 3 is 2.50 bits per heavy atom. The number of rotatable bonds is 6. The van der Waals surface area contributed by atoms with E-state index in [4.69, 9.17) is 10.5 Å². The van der Waals surface area contributed by atoms with E-state index in [0.717, 1.165) is 0 Å². The van der Waals surface area contributed by atoms with Crippen molar-refractivity contribution in [2.45, 2.75) is 38.3 Å². The van der Waals surface area contributed by atoms with Gasteiger partial charge in [0, 0.05) is 13.0 Å². The Morgan fingerprint density at radius 2 is 2.10 bits per heavy atom. The number of carbonyl (C=O) groups is 3. The van der Waals surface area contributed by atoms with E-state index in [-0.39, 0.29) is 25.6 Å². The van der Waals surface area contributed by atoms with Gasteiger partial charge in [-0.2, -0.15) is 0 Å². The summed E-state index contributed by atoms with van der Waals surface area (Å²) in [5, 5.41) is 14.1. The van der Waals surface area contributed by atoms with Crippen molar-refractivity contribution in [1.82, 2.24) is 10.6 Å². The maximum atomic E-state index is 12.2. The lowest BCUT2D eigenvalue weighted by molar-refractivity contribution is -0.148. The molecule has 0 aromatic carbocycles. The van der Waals surface area contributed by atoms with Crippen molar-refractivity contribution in [1.29, 1.82) is 0 Å². The summed E-state index contributed by atoms with van der Waals surface area (Å²) in [6.45, 7) is 3.82. The largest absolute Gasteiger partial charge is 0.479 e. The third-order valence-corrected chi connectivity index (χ3v) is 3.59. The van der Waals surface area contributed by atoms with Crippen LogP contribution in [0.25, 0.3) is 0 Å². The van der Waals surface area contributed by atoms with Crippen molar-refractivity contribution >= 4 is 17.9 Å². The van der Waals surface area contributed by atoms with Crippen LogP contribution in [0.5, 0.6) is 0 Å². The summed E-state index contributed by atoms with van der Waals surface area (Å²) < 4.78 is 5.06. The lowest BCUT2D eigenvalue weighted by Gasteiger charge is -2.29. The minimum absolute atomic E-state index is 0.0854. The number of ether oxygens (including phenoxy) is 1. The van der Waals surface area contributed by atoms with Crippen molar-refractivity contribution < 1.29 is 24.2 Å². The first kappa shape index (κ1) is 16.2. The molecule has 0 saturated carbocycles. The molecule has 114 valence electrons. The second-order valence-electron chi connectivity index (χ2n) is 5.05. The number of amides is 3. The van der Waals surface area contributed by atoms with Crippen molar-refractivity contribution in [3.05, 3.63) is 0 Å². The fraction of sp³-hybridized carbons (Fsp3) is 0.750. The molecule has 0 spiro atoms. The Morgan fingerprint density at radius 1 is 1.45 bits per heavy atom. The highest BCUT2D eigenvalue weighted by Crippen LogP contribution is 2.20. The first-order valence-corrected chi connectivity index (χ1v) is 6.51. The van der Waals surface area contributed by atoms with Gasteiger partial charge >= 0.3 is 12.0 Å². The number of carbonyl (C=O) groups excluding carboxylic acids is 2. The molecule has 8 heteroatoms. The Hall–Kier alpha value is -1.83.